The third-order valence-corrected chi connectivity index (χ3v) is 4.61. The molecule has 0 spiro atoms. The molecule has 2 rings (SSSR count). The van der Waals surface area contributed by atoms with Gasteiger partial charge >= 0.3 is 12.1 Å². The minimum atomic E-state index is -4.63. The van der Waals surface area contributed by atoms with E-state index in [1.54, 1.807) is 0 Å². The number of hydrogen-bond donors (Lipinski definition) is 2. The number of carboxylic acids is 1. The van der Waals surface area contributed by atoms with Crippen LogP contribution in [0.4, 0.5) is 13.2 Å². The van der Waals surface area contributed by atoms with E-state index in [0.29, 0.717) is 12.0 Å². The molecule has 1 aromatic carbocycles. The Morgan fingerprint density at radius 2 is 1.86 bits per heavy atom. The number of aliphatic carboxylic acids is 1. The van der Waals surface area contributed by atoms with E-state index in [1.807, 2.05) is 0 Å². The van der Waals surface area contributed by atoms with Gasteiger partial charge in [-0.3, -0.25) is 4.79 Å². The van der Waals surface area contributed by atoms with E-state index in [9.17, 15) is 26.4 Å². The Kier molecular flexibility index (Phi) is 3.98. The van der Waals surface area contributed by atoms with Crippen molar-refractivity contribution in [3.8, 4) is 0 Å². The summed E-state index contributed by atoms with van der Waals surface area (Å²) in [7, 11) is -4.23. The van der Waals surface area contributed by atoms with Crippen LogP contribution in [0.15, 0.2) is 29.2 Å². The molecule has 9 heteroatoms. The molecule has 0 amide bonds. The first-order valence-corrected chi connectivity index (χ1v) is 7.48. The first-order chi connectivity index (χ1) is 9.60. The lowest BCUT2D eigenvalue weighted by atomic mass is 10.1. The maximum absolute atomic E-state index is 12.0. The van der Waals surface area contributed by atoms with Crippen molar-refractivity contribution in [3.63, 3.8) is 0 Å². The normalized spacial score (nSPS) is 22.0. The lowest BCUT2D eigenvalue weighted by Gasteiger charge is -2.09. The Morgan fingerprint density at radius 3 is 2.29 bits per heavy atom. The van der Waals surface area contributed by atoms with E-state index in [4.69, 9.17) is 5.11 Å². The standard InChI is InChI=1S/C12H12F3NO4S/c13-12(14,15)6-16-21(19,20)8-3-1-7(2-4-8)9-5-10(9)11(17)18/h1-4,9-10,16H,5-6H2,(H,17,18). The van der Waals surface area contributed by atoms with Gasteiger partial charge in [0.25, 0.3) is 0 Å². The number of halogens is 3. The third-order valence-electron chi connectivity index (χ3n) is 3.19. The monoisotopic (exact) mass is 323 g/mol. The summed E-state index contributed by atoms with van der Waals surface area (Å²) in [5.74, 6) is -1.55. The summed E-state index contributed by atoms with van der Waals surface area (Å²) < 4.78 is 60.8. The van der Waals surface area contributed by atoms with Gasteiger partial charge in [-0.05, 0) is 30.0 Å². The molecule has 2 N–H and O–H groups in total. The van der Waals surface area contributed by atoms with Gasteiger partial charge in [-0.15, -0.1) is 0 Å². The van der Waals surface area contributed by atoms with Crippen molar-refractivity contribution in [2.24, 2.45) is 5.92 Å². The van der Waals surface area contributed by atoms with Gasteiger partial charge in [0.15, 0.2) is 0 Å². The smallest absolute Gasteiger partial charge is 0.402 e. The van der Waals surface area contributed by atoms with Gasteiger partial charge in [-0.1, -0.05) is 12.1 Å². The second kappa shape index (κ2) is 5.30. The van der Waals surface area contributed by atoms with Crippen LogP contribution >= 0.6 is 0 Å². The minimum absolute atomic E-state index is 0.164. The molecule has 0 aliphatic heterocycles. The fourth-order valence-electron chi connectivity index (χ4n) is 1.99. The van der Waals surface area contributed by atoms with Crippen molar-refractivity contribution < 1.29 is 31.5 Å². The largest absolute Gasteiger partial charge is 0.481 e. The van der Waals surface area contributed by atoms with Crippen LogP contribution in [-0.2, 0) is 14.8 Å². The highest BCUT2D eigenvalue weighted by Gasteiger charge is 2.44. The summed E-state index contributed by atoms with van der Waals surface area (Å²) in [6, 6.07) is 5.20. The Bertz CT molecular complexity index is 639. The predicted octanol–water partition coefficient (Wildman–Crippen LogP) is 1.72. The van der Waals surface area contributed by atoms with Crippen LogP contribution in [0.1, 0.15) is 17.9 Å². The minimum Gasteiger partial charge on any atom is -0.481 e. The van der Waals surface area contributed by atoms with Gasteiger partial charge in [-0.2, -0.15) is 13.2 Å². The maximum atomic E-state index is 12.0. The van der Waals surface area contributed by atoms with Crippen molar-refractivity contribution in [2.75, 3.05) is 6.54 Å². The average molecular weight is 323 g/mol. The summed E-state index contributed by atoms with van der Waals surface area (Å²) >= 11 is 0. The van der Waals surface area contributed by atoms with Gasteiger partial charge in [0.1, 0.15) is 6.54 Å². The second-order valence-electron chi connectivity index (χ2n) is 4.80. The molecular weight excluding hydrogens is 311 g/mol. The number of alkyl halides is 3. The zero-order chi connectivity index (χ0) is 15.8. The molecule has 0 heterocycles. The number of rotatable bonds is 5. The van der Waals surface area contributed by atoms with E-state index in [0.717, 1.165) is 0 Å². The first-order valence-electron chi connectivity index (χ1n) is 5.99. The number of carbonyl (C=O) groups is 1. The van der Waals surface area contributed by atoms with Crippen LogP contribution in [0, 0.1) is 5.92 Å². The molecule has 2 unspecified atom stereocenters. The number of sulfonamides is 1. The number of nitrogens with one attached hydrogen (secondary N) is 1. The van der Waals surface area contributed by atoms with Crippen molar-refractivity contribution in [1.29, 1.82) is 0 Å². The molecule has 0 saturated heterocycles. The van der Waals surface area contributed by atoms with Crippen LogP contribution in [0.5, 0.6) is 0 Å². The summed E-state index contributed by atoms with van der Waals surface area (Å²) in [6.45, 7) is -1.64. The number of carboxylic acid groups (broad SMARTS) is 1. The molecule has 1 aliphatic rings. The van der Waals surface area contributed by atoms with Crippen LogP contribution in [0.3, 0.4) is 0 Å². The molecule has 116 valence electrons. The van der Waals surface area contributed by atoms with Gasteiger partial charge in [0.05, 0.1) is 10.8 Å². The highest BCUT2D eigenvalue weighted by molar-refractivity contribution is 7.89. The Hall–Kier alpha value is -1.61. The second-order valence-corrected chi connectivity index (χ2v) is 6.56. The lowest BCUT2D eigenvalue weighted by molar-refractivity contribution is -0.138. The molecule has 1 saturated carbocycles. The molecule has 2 atom stereocenters. The Balaban J connectivity index is 2.07. The molecule has 0 aromatic heterocycles. The molecule has 5 nitrogen and oxygen atoms in total. The van der Waals surface area contributed by atoms with Crippen LogP contribution in [-0.4, -0.2) is 32.2 Å². The summed E-state index contributed by atoms with van der Waals surface area (Å²) in [6.07, 6.45) is -4.15. The predicted molar refractivity (Wildman–Crippen MR) is 66.2 cm³/mol. The molecule has 21 heavy (non-hydrogen) atoms. The maximum Gasteiger partial charge on any atom is 0.402 e. The lowest BCUT2D eigenvalue weighted by Crippen LogP contribution is -2.33. The van der Waals surface area contributed by atoms with Gasteiger partial charge in [0, 0.05) is 0 Å². The SMILES string of the molecule is O=C(O)C1CC1c1ccc(S(=O)(=O)NCC(F)(F)F)cc1. The summed E-state index contributed by atoms with van der Waals surface area (Å²) in [4.78, 5) is 10.4. The Morgan fingerprint density at radius 1 is 1.29 bits per heavy atom. The van der Waals surface area contributed by atoms with Gasteiger partial charge in [0.2, 0.25) is 10.0 Å². The van der Waals surface area contributed by atoms with Gasteiger partial charge in [-0.25, -0.2) is 13.1 Å². The summed E-state index contributed by atoms with van der Waals surface area (Å²) in [5, 5.41) is 8.80. The number of hydrogen-bond acceptors (Lipinski definition) is 3. The fourth-order valence-corrected chi connectivity index (χ4v) is 3.01. The van der Waals surface area contributed by atoms with Crippen molar-refractivity contribution in [1.82, 2.24) is 4.72 Å². The van der Waals surface area contributed by atoms with Crippen LogP contribution < -0.4 is 4.72 Å². The highest BCUT2D eigenvalue weighted by atomic mass is 32.2. The van der Waals surface area contributed by atoms with E-state index in [2.05, 4.69) is 0 Å². The van der Waals surface area contributed by atoms with Gasteiger partial charge < -0.3 is 5.11 Å². The zero-order valence-corrected chi connectivity index (χ0v) is 11.4. The number of benzene rings is 1. The molecule has 0 radical (unpaired) electrons. The average Bonchev–Trinajstić information content (AvgIpc) is 3.16. The molecule has 1 aromatic rings. The van der Waals surface area contributed by atoms with E-state index in [1.165, 1.54) is 29.0 Å². The van der Waals surface area contributed by atoms with Crippen molar-refractivity contribution in [3.05, 3.63) is 29.8 Å². The van der Waals surface area contributed by atoms with Crippen molar-refractivity contribution in [2.45, 2.75) is 23.4 Å². The van der Waals surface area contributed by atoms with Crippen LogP contribution in [0.25, 0.3) is 0 Å². The molecular formula is C12H12F3NO4S. The zero-order valence-electron chi connectivity index (χ0n) is 10.6. The van der Waals surface area contributed by atoms with Crippen LogP contribution in [0.2, 0.25) is 0 Å². The molecule has 0 bridgehead atoms. The topological polar surface area (TPSA) is 83.5 Å². The van der Waals surface area contributed by atoms with Crippen molar-refractivity contribution >= 4 is 16.0 Å². The quantitative estimate of drug-likeness (QED) is 0.864. The third kappa shape index (κ3) is 3.94. The summed E-state index contributed by atoms with van der Waals surface area (Å²) in [5.41, 5.74) is 0.664. The van der Waals surface area contributed by atoms with E-state index in [-0.39, 0.29) is 10.8 Å². The Labute approximate surface area is 118 Å². The molecule has 1 fully saturated rings. The van der Waals surface area contributed by atoms with E-state index >= 15 is 0 Å². The first kappa shape index (κ1) is 15.8. The van der Waals surface area contributed by atoms with E-state index < -0.39 is 34.6 Å². The fraction of sp³-hybridized carbons (Fsp3) is 0.417. The highest BCUT2D eigenvalue weighted by Crippen LogP contribution is 2.47. The molecule has 1 aliphatic carbocycles.